The van der Waals surface area contributed by atoms with Gasteiger partial charge < -0.3 is 0 Å². The van der Waals surface area contributed by atoms with Crippen molar-refractivity contribution in [2.75, 3.05) is 0 Å². The highest BCUT2D eigenvalue weighted by molar-refractivity contribution is 9.10. The van der Waals surface area contributed by atoms with Crippen LogP contribution in [0.4, 0.5) is 0 Å². The van der Waals surface area contributed by atoms with Gasteiger partial charge in [-0.1, -0.05) is 16.8 Å². The molecule has 1 rings (SSSR count). The molecule has 3 nitrogen and oxygen atoms in total. The Bertz CT molecular complexity index is 233. The van der Waals surface area contributed by atoms with Crippen molar-refractivity contribution < 1.29 is 0 Å². The molecule has 1 aromatic heterocycles. The van der Waals surface area contributed by atoms with E-state index in [4.69, 9.17) is 11.6 Å². The second-order valence-electron chi connectivity index (χ2n) is 2.21. The molecule has 0 N–H and O–H groups in total. The molecule has 0 saturated carbocycles. The normalized spacial score (nSPS) is 10.9. The summed E-state index contributed by atoms with van der Waals surface area (Å²) >= 11 is 8.89. The molecule has 0 radical (unpaired) electrons. The number of hydrogen-bond acceptors (Lipinski definition) is 2. The minimum Gasteiger partial charge on any atom is -0.234 e. The summed E-state index contributed by atoms with van der Waals surface area (Å²) in [6, 6.07) is 0.286. The highest BCUT2D eigenvalue weighted by Gasteiger charge is 2.08. The maximum Gasteiger partial charge on any atom is 0.185 e. The summed E-state index contributed by atoms with van der Waals surface area (Å²) in [6.45, 7) is 4.02. The van der Waals surface area contributed by atoms with E-state index in [-0.39, 0.29) is 6.04 Å². The maximum absolute atomic E-state index is 5.63. The lowest BCUT2D eigenvalue weighted by molar-refractivity contribution is 0.505. The Kier molecular flexibility index (Phi) is 2.31. The first kappa shape index (κ1) is 8.01. The van der Waals surface area contributed by atoms with Gasteiger partial charge in [0.25, 0.3) is 0 Å². The van der Waals surface area contributed by atoms with Crippen LogP contribution in [0.2, 0.25) is 5.15 Å². The van der Waals surface area contributed by atoms with Gasteiger partial charge in [-0.2, -0.15) is 0 Å². The third-order valence-electron chi connectivity index (χ3n) is 1.09. The van der Waals surface area contributed by atoms with E-state index in [9.17, 15) is 0 Å². The molecule has 0 amide bonds. The molecule has 10 heavy (non-hydrogen) atoms. The molecule has 0 bridgehead atoms. The molecule has 0 unspecified atom stereocenters. The van der Waals surface area contributed by atoms with Gasteiger partial charge in [0.2, 0.25) is 0 Å². The van der Waals surface area contributed by atoms with Crippen molar-refractivity contribution in [3.8, 4) is 0 Å². The van der Waals surface area contributed by atoms with Crippen LogP contribution in [0.25, 0.3) is 0 Å². The molecular formula is C5H7BrClN3. The van der Waals surface area contributed by atoms with Crippen LogP contribution in [0.15, 0.2) is 4.60 Å². The lowest BCUT2D eigenvalue weighted by atomic mass is 10.4. The van der Waals surface area contributed by atoms with Crippen LogP contribution in [0.1, 0.15) is 19.9 Å². The third kappa shape index (κ3) is 1.32. The number of rotatable bonds is 1. The van der Waals surface area contributed by atoms with Gasteiger partial charge in [-0.15, -0.1) is 5.10 Å². The van der Waals surface area contributed by atoms with Crippen molar-refractivity contribution >= 4 is 27.5 Å². The van der Waals surface area contributed by atoms with Crippen molar-refractivity contribution in [1.82, 2.24) is 15.0 Å². The molecule has 0 aliphatic carbocycles. The molecule has 0 saturated heterocycles. The first-order valence-electron chi connectivity index (χ1n) is 2.89. The van der Waals surface area contributed by atoms with Crippen LogP contribution in [0.3, 0.4) is 0 Å². The summed E-state index contributed by atoms with van der Waals surface area (Å²) in [7, 11) is 0. The Morgan fingerprint density at radius 3 is 2.40 bits per heavy atom. The number of hydrogen-bond donors (Lipinski definition) is 0. The monoisotopic (exact) mass is 223 g/mol. The smallest absolute Gasteiger partial charge is 0.185 e. The van der Waals surface area contributed by atoms with Crippen LogP contribution in [-0.4, -0.2) is 15.0 Å². The second-order valence-corrected chi connectivity index (χ2v) is 3.32. The van der Waals surface area contributed by atoms with Crippen LogP contribution in [0, 0.1) is 0 Å². The summed E-state index contributed by atoms with van der Waals surface area (Å²) in [5.74, 6) is 0. The van der Waals surface area contributed by atoms with Gasteiger partial charge in [0.15, 0.2) is 5.15 Å². The van der Waals surface area contributed by atoms with E-state index >= 15 is 0 Å². The zero-order valence-electron chi connectivity index (χ0n) is 5.67. The number of nitrogens with zero attached hydrogens (tertiary/aromatic N) is 3. The number of aromatic nitrogens is 3. The molecule has 0 aliphatic heterocycles. The predicted molar refractivity (Wildman–Crippen MR) is 43.1 cm³/mol. The van der Waals surface area contributed by atoms with E-state index in [2.05, 4.69) is 26.2 Å². The lowest BCUT2D eigenvalue weighted by Crippen LogP contribution is -2.02. The van der Waals surface area contributed by atoms with Crippen molar-refractivity contribution in [1.29, 1.82) is 0 Å². The molecule has 0 fully saturated rings. The molecule has 56 valence electrons. The fraction of sp³-hybridized carbons (Fsp3) is 0.600. The predicted octanol–water partition coefficient (Wildman–Crippen LogP) is 2.27. The van der Waals surface area contributed by atoms with E-state index in [1.165, 1.54) is 0 Å². The van der Waals surface area contributed by atoms with Gasteiger partial charge in [-0.05, 0) is 29.8 Å². The Morgan fingerprint density at radius 2 is 2.20 bits per heavy atom. The third-order valence-corrected chi connectivity index (χ3v) is 2.31. The van der Waals surface area contributed by atoms with E-state index < -0.39 is 0 Å². The van der Waals surface area contributed by atoms with Crippen LogP contribution in [-0.2, 0) is 0 Å². The Labute approximate surface area is 72.5 Å². The minimum atomic E-state index is 0.286. The van der Waals surface area contributed by atoms with Crippen LogP contribution < -0.4 is 0 Å². The Hall–Kier alpha value is -0.0900. The average Bonchev–Trinajstić information content (AvgIpc) is 2.14. The molecule has 0 spiro atoms. The topological polar surface area (TPSA) is 30.7 Å². The summed E-state index contributed by atoms with van der Waals surface area (Å²) in [4.78, 5) is 0. The standard InChI is InChI=1S/C5H7BrClN3/c1-3(2)10-4(6)5(7)8-9-10/h3H,1-2H3. The molecular weight excluding hydrogens is 217 g/mol. The van der Waals surface area contributed by atoms with Gasteiger partial charge in [0.1, 0.15) is 4.60 Å². The van der Waals surface area contributed by atoms with Gasteiger partial charge >= 0.3 is 0 Å². The Morgan fingerprint density at radius 1 is 1.60 bits per heavy atom. The molecule has 1 heterocycles. The molecule has 0 aliphatic rings. The van der Waals surface area contributed by atoms with E-state index in [0.717, 1.165) is 4.60 Å². The van der Waals surface area contributed by atoms with Gasteiger partial charge in [0, 0.05) is 6.04 Å². The Balaban J connectivity index is 3.05. The fourth-order valence-electron chi connectivity index (χ4n) is 0.592. The van der Waals surface area contributed by atoms with Crippen molar-refractivity contribution in [2.24, 2.45) is 0 Å². The zero-order chi connectivity index (χ0) is 7.72. The molecule has 0 atom stereocenters. The van der Waals surface area contributed by atoms with Crippen molar-refractivity contribution in [3.05, 3.63) is 9.76 Å². The van der Waals surface area contributed by atoms with Crippen LogP contribution >= 0.6 is 27.5 Å². The largest absolute Gasteiger partial charge is 0.234 e. The molecule has 5 heteroatoms. The zero-order valence-corrected chi connectivity index (χ0v) is 8.02. The van der Waals surface area contributed by atoms with E-state index in [0.29, 0.717) is 5.15 Å². The summed E-state index contributed by atoms with van der Waals surface area (Å²) in [5, 5.41) is 7.88. The highest BCUT2D eigenvalue weighted by Crippen LogP contribution is 2.21. The quantitative estimate of drug-likeness (QED) is 0.733. The van der Waals surface area contributed by atoms with Crippen molar-refractivity contribution in [3.63, 3.8) is 0 Å². The molecule has 1 aromatic rings. The fourth-order valence-corrected chi connectivity index (χ4v) is 1.27. The molecule has 0 aromatic carbocycles. The van der Waals surface area contributed by atoms with Gasteiger partial charge in [-0.3, -0.25) is 0 Å². The summed E-state index contributed by atoms with van der Waals surface area (Å²) in [5.41, 5.74) is 0. The second kappa shape index (κ2) is 2.88. The lowest BCUT2D eigenvalue weighted by Gasteiger charge is -2.03. The van der Waals surface area contributed by atoms with E-state index in [1.54, 1.807) is 4.68 Å². The highest BCUT2D eigenvalue weighted by atomic mass is 79.9. The number of halogens is 2. The van der Waals surface area contributed by atoms with Crippen LogP contribution in [0.5, 0.6) is 0 Å². The average molecular weight is 224 g/mol. The maximum atomic E-state index is 5.63. The SMILES string of the molecule is CC(C)n1nnc(Cl)c1Br. The first-order chi connectivity index (χ1) is 4.63. The summed E-state index contributed by atoms with van der Waals surface area (Å²) in [6.07, 6.45) is 0. The summed E-state index contributed by atoms with van der Waals surface area (Å²) < 4.78 is 2.45. The first-order valence-corrected chi connectivity index (χ1v) is 4.06. The van der Waals surface area contributed by atoms with E-state index in [1.807, 2.05) is 13.8 Å². The van der Waals surface area contributed by atoms with Crippen molar-refractivity contribution in [2.45, 2.75) is 19.9 Å². The van der Waals surface area contributed by atoms with Gasteiger partial charge in [-0.25, -0.2) is 4.68 Å². The van der Waals surface area contributed by atoms with Gasteiger partial charge in [0.05, 0.1) is 0 Å². The minimum absolute atomic E-state index is 0.286.